The van der Waals surface area contributed by atoms with Crippen LogP contribution in [0, 0.1) is 18.6 Å². The van der Waals surface area contributed by atoms with Gasteiger partial charge in [-0.3, -0.25) is 0 Å². The van der Waals surface area contributed by atoms with Gasteiger partial charge < -0.3 is 5.32 Å². The van der Waals surface area contributed by atoms with Crippen LogP contribution in [-0.4, -0.2) is 13.1 Å². The predicted molar refractivity (Wildman–Crippen MR) is 82.4 cm³/mol. The number of aryl methyl sites for hydroxylation is 2. The van der Waals surface area contributed by atoms with Gasteiger partial charge in [0.25, 0.3) is 0 Å². The summed E-state index contributed by atoms with van der Waals surface area (Å²) in [6.45, 7) is 2.07. The minimum Gasteiger partial charge on any atom is -0.317 e. The Morgan fingerprint density at radius 3 is 2.24 bits per heavy atom. The number of nitrogens with one attached hydrogen (secondary N) is 1. The summed E-state index contributed by atoms with van der Waals surface area (Å²) in [5.74, 6) is -1.57. The second-order valence-corrected chi connectivity index (χ2v) is 5.46. The Balaban J connectivity index is 1.93. The summed E-state index contributed by atoms with van der Waals surface area (Å²) >= 11 is 0. The zero-order chi connectivity index (χ0) is 15.2. The predicted octanol–water partition coefficient (Wildman–Crippen LogP) is 4.04. The number of hydrogen-bond acceptors (Lipinski definition) is 1. The van der Waals surface area contributed by atoms with Crippen molar-refractivity contribution in [3.63, 3.8) is 0 Å². The second-order valence-electron chi connectivity index (χ2n) is 5.46. The van der Waals surface area contributed by atoms with Crippen molar-refractivity contribution in [2.24, 2.45) is 0 Å². The monoisotopic (exact) mass is 289 g/mol. The van der Waals surface area contributed by atoms with E-state index in [1.54, 1.807) is 6.07 Å². The van der Waals surface area contributed by atoms with Gasteiger partial charge in [-0.05, 0) is 56.5 Å². The van der Waals surface area contributed by atoms with E-state index in [1.165, 1.54) is 23.3 Å². The van der Waals surface area contributed by atoms with Crippen LogP contribution >= 0.6 is 0 Å². The molecule has 0 aliphatic carbocycles. The van der Waals surface area contributed by atoms with Crippen molar-refractivity contribution in [1.82, 2.24) is 5.32 Å². The summed E-state index contributed by atoms with van der Waals surface area (Å²) in [6, 6.07) is 12.9. The third-order valence-corrected chi connectivity index (χ3v) is 3.78. The average Bonchev–Trinajstić information content (AvgIpc) is 2.49. The maximum absolute atomic E-state index is 13.2. The molecule has 21 heavy (non-hydrogen) atoms. The third-order valence-electron chi connectivity index (χ3n) is 3.78. The lowest BCUT2D eigenvalue weighted by atomic mass is 9.98. The molecule has 3 heteroatoms. The molecule has 0 saturated heterocycles. The van der Waals surface area contributed by atoms with Crippen molar-refractivity contribution >= 4 is 0 Å². The topological polar surface area (TPSA) is 12.0 Å². The van der Waals surface area contributed by atoms with Gasteiger partial charge in [0.15, 0.2) is 11.6 Å². The molecule has 0 aliphatic heterocycles. The lowest BCUT2D eigenvalue weighted by molar-refractivity contribution is 0.497. The molecule has 0 spiro atoms. The van der Waals surface area contributed by atoms with Crippen LogP contribution in [0.5, 0.6) is 0 Å². The lowest BCUT2D eigenvalue weighted by Gasteiger charge is -2.16. The molecular weight excluding hydrogens is 268 g/mol. The fraction of sp³-hybridized carbons (Fsp3) is 0.333. The molecule has 0 bridgehead atoms. The van der Waals surface area contributed by atoms with Gasteiger partial charge in [-0.1, -0.05) is 35.9 Å². The molecule has 0 amide bonds. The van der Waals surface area contributed by atoms with Crippen LogP contribution in [0.25, 0.3) is 0 Å². The molecule has 0 aliphatic rings. The van der Waals surface area contributed by atoms with Gasteiger partial charge in [0.1, 0.15) is 0 Å². The number of halogens is 2. The van der Waals surface area contributed by atoms with Crippen LogP contribution < -0.4 is 5.32 Å². The van der Waals surface area contributed by atoms with Crippen molar-refractivity contribution in [1.29, 1.82) is 0 Å². The van der Waals surface area contributed by atoms with Crippen LogP contribution in [0.15, 0.2) is 42.5 Å². The Bertz CT molecular complexity index is 578. The normalized spacial score (nSPS) is 12.4. The van der Waals surface area contributed by atoms with E-state index in [9.17, 15) is 8.78 Å². The first-order chi connectivity index (χ1) is 10.1. The van der Waals surface area contributed by atoms with E-state index in [4.69, 9.17) is 0 Å². The van der Waals surface area contributed by atoms with Crippen molar-refractivity contribution in [3.05, 3.63) is 70.8 Å². The first-order valence-electron chi connectivity index (χ1n) is 7.25. The summed E-state index contributed by atoms with van der Waals surface area (Å²) in [4.78, 5) is 0. The smallest absolute Gasteiger partial charge is 0.159 e. The van der Waals surface area contributed by atoms with Crippen molar-refractivity contribution < 1.29 is 8.78 Å². The van der Waals surface area contributed by atoms with E-state index >= 15 is 0 Å². The molecule has 2 rings (SSSR count). The number of likely N-dealkylation sites (N-methyl/N-ethyl adjacent to an activating group) is 1. The molecule has 0 radical (unpaired) electrons. The van der Waals surface area contributed by atoms with E-state index in [0.717, 1.165) is 18.4 Å². The van der Waals surface area contributed by atoms with E-state index in [1.807, 2.05) is 7.05 Å². The summed E-state index contributed by atoms with van der Waals surface area (Å²) in [5, 5.41) is 3.25. The van der Waals surface area contributed by atoms with Crippen molar-refractivity contribution in [2.75, 3.05) is 7.05 Å². The number of rotatable bonds is 6. The van der Waals surface area contributed by atoms with Gasteiger partial charge in [-0.2, -0.15) is 0 Å². The fourth-order valence-electron chi connectivity index (χ4n) is 2.40. The van der Waals surface area contributed by atoms with Gasteiger partial charge >= 0.3 is 0 Å². The molecule has 0 fully saturated rings. The van der Waals surface area contributed by atoms with E-state index in [-0.39, 0.29) is 6.04 Å². The first kappa shape index (κ1) is 15.6. The molecule has 2 aromatic carbocycles. The van der Waals surface area contributed by atoms with Crippen LogP contribution in [0.3, 0.4) is 0 Å². The van der Waals surface area contributed by atoms with E-state index < -0.39 is 11.6 Å². The fourth-order valence-corrected chi connectivity index (χ4v) is 2.40. The summed E-state index contributed by atoms with van der Waals surface area (Å²) in [5.41, 5.74) is 3.37. The quantitative estimate of drug-likeness (QED) is 0.846. The summed E-state index contributed by atoms with van der Waals surface area (Å²) in [7, 11) is 1.90. The minimum absolute atomic E-state index is 0.246. The van der Waals surface area contributed by atoms with Gasteiger partial charge in [0, 0.05) is 6.04 Å². The largest absolute Gasteiger partial charge is 0.317 e. The van der Waals surface area contributed by atoms with Crippen molar-refractivity contribution in [2.45, 2.75) is 32.2 Å². The SMILES string of the molecule is CNC(CCc1ccc(C)cc1)Cc1ccc(F)c(F)c1. The molecule has 0 aromatic heterocycles. The molecule has 1 atom stereocenters. The molecule has 112 valence electrons. The number of hydrogen-bond donors (Lipinski definition) is 1. The Hall–Kier alpha value is -1.74. The van der Waals surface area contributed by atoms with Gasteiger partial charge in [-0.25, -0.2) is 8.78 Å². The van der Waals surface area contributed by atoms with Crippen LogP contribution in [0.4, 0.5) is 8.78 Å². The zero-order valence-corrected chi connectivity index (χ0v) is 12.5. The van der Waals surface area contributed by atoms with Gasteiger partial charge in [-0.15, -0.1) is 0 Å². The number of benzene rings is 2. The highest BCUT2D eigenvalue weighted by Gasteiger charge is 2.10. The maximum Gasteiger partial charge on any atom is 0.159 e. The molecule has 1 N–H and O–H groups in total. The van der Waals surface area contributed by atoms with Crippen LogP contribution in [-0.2, 0) is 12.8 Å². The lowest BCUT2D eigenvalue weighted by Crippen LogP contribution is -2.28. The standard InChI is InChI=1S/C18H21F2N/c1-13-3-5-14(6-4-13)7-9-16(21-2)11-15-8-10-17(19)18(20)12-15/h3-6,8,10,12,16,21H,7,9,11H2,1-2H3. The van der Waals surface area contributed by atoms with Crippen LogP contribution in [0.1, 0.15) is 23.1 Å². The third kappa shape index (κ3) is 4.64. The van der Waals surface area contributed by atoms with Crippen molar-refractivity contribution in [3.8, 4) is 0 Å². The summed E-state index contributed by atoms with van der Waals surface area (Å²) in [6.07, 6.45) is 2.62. The Morgan fingerprint density at radius 2 is 1.62 bits per heavy atom. The summed E-state index contributed by atoms with van der Waals surface area (Å²) < 4.78 is 26.2. The van der Waals surface area contributed by atoms with Crippen LogP contribution in [0.2, 0.25) is 0 Å². The molecule has 0 saturated carbocycles. The Labute approximate surface area is 125 Å². The molecule has 1 nitrogen and oxygen atoms in total. The van der Waals surface area contributed by atoms with Gasteiger partial charge in [0.2, 0.25) is 0 Å². The molecule has 2 aromatic rings. The Morgan fingerprint density at radius 1 is 0.952 bits per heavy atom. The van der Waals surface area contributed by atoms with E-state index in [2.05, 4.69) is 36.5 Å². The Kier molecular flexibility index (Phi) is 5.45. The zero-order valence-electron chi connectivity index (χ0n) is 12.5. The maximum atomic E-state index is 13.2. The van der Waals surface area contributed by atoms with E-state index in [0.29, 0.717) is 6.42 Å². The molecule has 1 unspecified atom stereocenters. The minimum atomic E-state index is -0.792. The second kappa shape index (κ2) is 7.32. The molecular formula is C18H21F2N. The van der Waals surface area contributed by atoms with Gasteiger partial charge in [0.05, 0.1) is 0 Å². The first-order valence-corrected chi connectivity index (χ1v) is 7.25. The highest BCUT2D eigenvalue weighted by molar-refractivity contribution is 5.22. The average molecular weight is 289 g/mol. The highest BCUT2D eigenvalue weighted by atomic mass is 19.2. The highest BCUT2D eigenvalue weighted by Crippen LogP contribution is 2.13. The molecule has 0 heterocycles.